The lowest BCUT2D eigenvalue weighted by Gasteiger charge is -2.01. The van der Waals surface area contributed by atoms with E-state index in [1.54, 1.807) is 6.07 Å². The van der Waals surface area contributed by atoms with Gasteiger partial charge in [0.05, 0.1) is 11.1 Å². The third kappa shape index (κ3) is 5.42. The molecule has 2 aromatic rings. The SMILES string of the molecule is CCCCCCCCCCCc1cc2cccc(C(=O)O)c2[nH]1. The number of nitrogens with one attached hydrogen (secondary N) is 1. The number of aromatic amines is 1. The average molecular weight is 315 g/mol. The zero-order chi connectivity index (χ0) is 16.5. The van der Waals surface area contributed by atoms with Crippen LogP contribution in [0.5, 0.6) is 0 Å². The zero-order valence-electron chi connectivity index (χ0n) is 14.2. The number of carbonyl (C=O) groups is 1. The van der Waals surface area contributed by atoms with Crippen LogP contribution in [-0.2, 0) is 6.42 Å². The predicted molar refractivity (Wildman–Crippen MR) is 96.2 cm³/mol. The van der Waals surface area contributed by atoms with Gasteiger partial charge in [0.15, 0.2) is 0 Å². The van der Waals surface area contributed by atoms with E-state index in [0.29, 0.717) is 5.56 Å². The van der Waals surface area contributed by atoms with E-state index in [1.165, 1.54) is 57.8 Å². The molecule has 0 spiro atoms. The molecule has 0 aliphatic carbocycles. The van der Waals surface area contributed by atoms with E-state index in [-0.39, 0.29) is 0 Å². The summed E-state index contributed by atoms with van der Waals surface area (Å²) >= 11 is 0. The van der Waals surface area contributed by atoms with Gasteiger partial charge in [-0.2, -0.15) is 0 Å². The van der Waals surface area contributed by atoms with Crippen LogP contribution < -0.4 is 0 Å². The first-order valence-electron chi connectivity index (χ1n) is 9.06. The molecular formula is C20H29NO2. The van der Waals surface area contributed by atoms with Crippen LogP contribution in [0.3, 0.4) is 0 Å². The maximum Gasteiger partial charge on any atom is 0.337 e. The van der Waals surface area contributed by atoms with Crippen LogP contribution in [0.15, 0.2) is 24.3 Å². The van der Waals surface area contributed by atoms with Crippen LogP contribution in [-0.4, -0.2) is 16.1 Å². The molecule has 23 heavy (non-hydrogen) atoms. The molecule has 0 aliphatic heterocycles. The lowest BCUT2D eigenvalue weighted by Crippen LogP contribution is -1.96. The van der Waals surface area contributed by atoms with Crippen molar-refractivity contribution >= 4 is 16.9 Å². The quantitative estimate of drug-likeness (QED) is 0.504. The minimum atomic E-state index is -0.868. The van der Waals surface area contributed by atoms with E-state index in [1.807, 2.05) is 12.1 Å². The maximum atomic E-state index is 11.2. The molecule has 0 saturated heterocycles. The minimum Gasteiger partial charge on any atom is -0.478 e. The Morgan fingerprint density at radius 1 is 1.00 bits per heavy atom. The van der Waals surface area contributed by atoms with Crippen molar-refractivity contribution in [2.45, 2.75) is 71.1 Å². The van der Waals surface area contributed by atoms with Crippen molar-refractivity contribution < 1.29 is 9.90 Å². The van der Waals surface area contributed by atoms with Crippen molar-refractivity contribution in [3.63, 3.8) is 0 Å². The number of carboxylic acid groups (broad SMARTS) is 1. The molecule has 1 aromatic carbocycles. The minimum absolute atomic E-state index is 0.362. The largest absolute Gasteiger partial charge is 0.478 e. The Balaban J connectivity index is 1.71. The molecule has 0 bridgehead atoms. The molecule has 0 fully saturated rings. The highest BCUT2D eigenvalue weighted by atomic mass is 16.4. The van der Waals surface area contributed by atoms with E-state index in [0.717, 1.165) is 23.0 Å². The van der Waals surface area contributed by atoms with Crippen LogP contribution in [0.1, 0.15) is 80.8 Å². The Kier molecular flexibility index (Phi) is 7.18. The van der Waals surface area contributed by atoms with Crippen molar-refractivity contribution in [3.05, 3.63) is 35.5 Å². The van der Waals surface area contributed by atoms with Gasteiger partial charge in [-0.15, -0.1) is 0 Å². The second-order valence-electron chi connectivity index (χ2n) is 6.45. The van der Waals surface area contributed by atoms with Gasteiger partial charge in [-0.3, -0.25) is 0 Å². The molecule has 3 nitrogen and oxygen atoms in total. The number of para-hydroxylation sites is 1. The Labute approximate surface area is 139 Å². The van der Waals surface area contributed by atoms with Crippen molar-refractivity contribution in [1.29, 1.82) is 0 Å². The van der Waals surface area contributed by atoms with Gasteiger partial charge < -0.3 is 10.1 Å². The van der Waals surface area contributed by atoms with Crippen LogP contribution in [0, 0.1) is 0 Å². The van der Waals surface area contributed by atoms with Gasteiger partial charge in [0.2, 0.25) is 0 Å². The van der Waals surface area contributed by atoms with Gasteiger partial charge in [0, 0.05) is 11.1 Å². The Morgan fingerprint density at radius 3 is 2.30 bits per heavy atom. The van der Waals surface area contributed by atoms with E-state index in [2.05, 4.69) is 18.0 Å². The molecule has 126 valence electrons. The summed E-state index contributed by atoms with van der Waals surface area (Å²) in [6, 6.07) is 7.52. The number of hydrogen-bond acceptors (Lipinski definition) is 1. The maximum absolute atomic E-state index is 11.2. The van der Waals surface area contributed by atoms with Crippen molar-refractivity contribution in [1.82, 2.24) is 4.98 Å². The summed E-state index contributed by atoms with van der Waals surface area (Å²) in [5.41, 5.74) is 2.27. The number of carboxylic acids is 1. The molecule has 0 radical (unpaired) electrons. The Morgan fingerprint density at radius 2 is 1.65 bits per heavy atom. The van der Waals surface area contributed by atoms with Gasteiger partial charge in [0.1, 0.15) is 0 Å². The highest BCUT2D eigenvalue weighted by Crippen LogP contribution is 2.21. The molecule has 0 atom stereocenters. The van der Waals surface area contributed by atoms with Gasteiger partial charge in [-0.05, 0) is 25.0 Å². The summed E-state index contributed by atoms with van der Waals surface area (Å²) in [4.78, 5) is 14.5. The van der Waals surface area contributed by atoms with Crippen LogP contribution in [0.2, 0.25) is 0 Å². The fourth-order valence-electron chi connectivity index (χ4n) is 3.15. The number of fused-ring (bicyclic) bond motifs is 1. The summed E-state index contributed by atoms with van der Waals surface area (Å²) in [5, 5.41) is 10.2. The number of hydrogen-bond donors (Lipinski definition) is 2. The number of aromatic nitrogens is 1. The van der Waals surface area contributed by atoms with Crippen LogP contribution >= 0.6 is 0 Å². The summed E-state index contributed by atoms with van der Waals surface area (Å²) in [6.45, 7) is 2.25. The average Bonchev–Trinajstić information content (AvgIpc) is 2.95. The van der Waals surface area contributed by atoms with Gasteiger partial charge in [-0.1, -0.05) is 70.4 Å². The Hall–Kier alpha value is -1.77. The second kappa shape index (κ2) is 9.39. The highest BCUT2D eigenvalue weighted by molar-refractivity contribution is 6.02. The molecule has 2 rings (SSSR count). The van der Waals surface area contributed by atoms with E-state index < -0.39 is 5.97 Å². The third-order valence-electron chi connectivity index (χ3n) is 4.49. The second-order valence-corrected chi connectivity index (χ2v) is 6.45. The molecule has 0 saturated carbocycles. The van der Waals surface area contributed by atoms with Crippen molar-refractivity contribution in [2.24, 2.45) is 0 Å². The zero-order valence-corrected chi connectivity index (χ0v) is 14.2. The predicted octanol–water partition coefficient (Wildman–Crippen LogP) is 5.94. The molecule has 0 unspecified atom stereocenters. The van der Waals surface area contributed by atoms with E-state index in [9.17, 15) is 9.90 Å². The first-order chi connectivity index (χ1) is 11.2. The number of unbranched alkanes of at least 4 members (excludes halogenated alkanes) is 8. The van der Waals surface area contributed by atoms with Crippen LogP contribution in [0.4, 0.5) is 0 Å². The van der Waals surface area contributed by atoms with Crippen LogP contribution in [0.25, 0.3) is 10.9 Å². The first kappa shape index (κ1) is 17.6. The van der Waals surface area contributed by atoms with Gasteiger partial charge in [-0.25, -0.2) is 4.79 Å². The van der Waals surface area contributed by atoms with Crippen molar-refractivity contribution in [2.75, 3.05) is 0 Å². The smallest absolute Gasteiger partial charge is 0.337 e. The molecule has 3 heteroatoms. The summed E-state index contributed by atoms with van der Waals surface area (Å²) in [5.74, 6) is -0.868. The number of benzene rings is 1. The standard InChI is InChI=1S/C20H29NO2/c1-2-3-4-5-6-7-8-9-10-13-17-15-16-12-11-14-18(20(22)23)19(16)21-17/h11-12,14-15,21H,2-10,13H2,1H3,(H,22,23). The van der Waals surface area contributed by atoms with E-state index in [4.69, 9.17) is 0 Å². The third-order valence-corrected chi connectivity index (χ3v) is 4.49. The molecular weight excluding hydrogens is 286 g/mol. The molecule has 0 aliphatic rings. The highest BCUT2D eigenvalue weighted by Gasteiger charge is 2.10. The summed E-state index contributed by atoms with van der Waals surface area (Å²) < 4.78 is 0. The molecule has 1 heterocycles. The lowest BCUT2D eigenvalue weighted by atomic mass is 10.1. The summed E-state index contributed by atoms with van der Waals surface area (Å²) in [6.07, 6.45) is 12.9. The fraction of sp³-hybridized carbons (Fsp3) is 0.550. The lowest BCUT2D eigenvalue weighted by molar-refractivity contribution is 0.0699. The molecule has 1 aromatic heterocycles. The van der Waals surface area contributed by atoms with E-state index >= 15 is 0 Å². The normalized spacial score (nSPS) is 11.2. The number of aromatic carboxylic acids is 1. The molecule has 0 amide bonds. The topological polar surface area (TPSA) is 53.1 Å². The monoisotopic (exact) mass is 315 g/mol. The number of aryl methyl sites for hydroxylation is 1. The fourth-order valence-corrected chi connectivity index (χ4v) is 3.15. The summed E-state index contributed by atoms with van der Waals surface area (Å²) in [7, 11) is 0. The molecule has 2 N–H and O–H groups in total. The first-order valence-corrected chi connectivity index (χ1v) is 9.06. The van der Waals surface area contributed by atoms with Gasteiger partial charge in [0.25, 0.3) is 0 Å². The number of H-pyrrole nitrogens is 1. The Bertz CT molecular complexity index is 615. The number of rotatable bonds is 11. The van der Waals surface area contributed by atoms with Crippen molar-refractivity contribution in [3.8, 4) is 0 Å². The van der Waals surface area contributed by atoms with Gasteiger partial charge >= 0.3 is 5.97 Å².